The molecule has 0 aromatic carbocycles. The Labute approximate surface area is 110 Å². The first-order valence-electron chi connectivity index (χ1n) is 7.20. The fourth-order valence-electron chi connectivity index (χ4n) is 2.38. The second kappa shape index (κ2) is 7.48. The van der Waals surface area contributed by atoms with E-state index in [1.165, 1.54) is 38.9 Å². The molecule has 18 heavy (non-hydrogen) atoms. The summed E-state index contributed by atoms with van der Waals surface area (Å²) in [6.07, 6.45) is 7.13. The molecular formula is C13H25N5. The van der Waals surface area contributed by atoms with Crippen molar-refractivity contribution < 1.29 is 0 Å². The molecule has 0 bridgehead atoms. The summed E-state index contributed by atoms with van der Waals surface area (Å²) in [4.78, 5) is 2.54. The second-order valence-corrected chi connectivity index (χ2v) is 5.05. The van der Waals surface area contributed by atoms with Crippen molar-refractivity contribution in [1.82, 2.24) is 25.2 Å². The van der Waals surface area contributed by atoms with Crippen LogP contribution in [0, 0.1) is 0 Å². The minimum Gasteiger partial charge on any atom is -0.311 e. The van der Waals surface area contributed by atoms with E-state index in [-0.39, 0.29) is 0 Å². The van der Waals surface area contributed by atoms with Crippen LogP contribution in [-0.4, -0.2) is 46.1 Å². The van der Waals surface area contributed by atoms with Gasteiger partial charge in [0.2, 0.25) is 0 Å². The Balaban J connectivity index is 1.63. The number of aromatic nitrogens is 3. The number of aryl methyl sites for hydroxylation is 1. The third kappa shape index (κ3) is 4.38. The van der Waals surface area contributed by atoms with Gasteiger partial charge in [-0.3, -0.25) is 4.68 Å². The largest absolute Gasteiger partial charge is 0.311 e. The first-order valence-corrected chi connectivity index (χ1v) is 7.20. The molecule has 0 atom stereocenters. The lowest BCUT2D eigenvalue weighted by Gasteiger charge is -2.13. The standard InChI is InChI=1S/C13H25N5/c1-2-6-14-11-13-12-18(16-15-13)10-5-9-17-7-3-4-8-17/h12,14H,2-11H2,1H3. The molecule has 0 saturated carbocycles. The molecule has 102 valence electrons. The van der Waals surface area contributed by atoms with E-state index in [9.17, 15) is 0 Å². The molecular weight excluding hydrogens is 226 g/mol. The minimum absolute atomic E-state index is 0.833. The highest BCUT2D eigenvalue weighted by Crippen LogP contribution is 2.07. The SMILES string of the molecule is CCCNCc1cn(CCCN2CCCC2)nn1. The van der Waals surface area contributed by atoms with Gasteiger partial charge in [-0.05, 0) is 51.9 Å². The van der Waals surface area contributed by atoms with E-state index in [0.717, 1.165) is 31.7 Å². The molecule has 0 amide bonds. The van der Waals surface area contributed by atoms with Gasteiger partial charge in [-0.25, -0.2) is 0 Å². The van der Waals surface area contributed by atoms with Crippen molar-refractivity contribution in [3.63, 3.8) is 0 Å². The van der Waals surface area contributed by atoms with E-state index in [0.29, 0.717) is 0 Å². The molecule has 1 aliphatic heterocycles. The van der Waals surface area contributed by atoms with Crippen molar-refractivity contribution in [3.05, 3.63) is 11.9 Å². The van der Waals surface area contributed by atoms with Crippen LogP contribution in [0.3, 0.4) is 0 Å². The molecule has 1 N–H and O–H groups in total. The molecule has 1 aromatic heterocycles. The molecule has 5 heteroatoms. The van der Waals surface area contributed by atoms with Gasteiger partial charge in [0.25, 0.3) is 0 Å². The zero-order valence-corrected chi connectivity index (χ0v) is 11.4. The average molecular weight is 251 g/mol. The lowest BCUT2D eigenvalue weighted by atomic mass is 10.4. The number of hydrogen-bond acceptors (Lipinski definition) is 4. The molecule has 5 nitrogen and oxygen atoms in total. The van der Waals surface area contributed by atoms with E-state index < -0.39 is 0 Å². The molecule has 1 aliphatic rings. The fraction of sp³-hybridized carbons (Fsp3) is 0.846. The first-order chi connectivity index (χ1) is 8.88. The van der Waals surface area contributed by atoms with Crippen molar-refractivity contribution in [2.75, 3.05) is 26.2 Å². The third-order valence-corrected chi connectivity index (χ3v) is 3.38. The number of rotatable bonds is 8. The van der Waals surface area contributed by atoms with Crippen LogP contribution in [0.15, 0.2) is 6.20 Å². The van der Waals surface area contributed by atoms with Gasteiger partial charge in [0.15, 0.2) is 0 Å². The molecule has 0 aliphatic carbocycles. The van der Waals surface area contributed by atoms with Crippen LogP contribution in [0.2, 0.25) is 0 Å². The highest BCUT2D eigenvalue weighted by Gasteiger charge is 2.10. The summed E-state index contributed by atoms with van der Waals surface area (Å²) in [5.74, 6) is 0. The normalized spacial score (nSPS) is 16.5. The zero-order valence-electron chi connectivity index (χ0n) is 11.4. The van der Waals surface area contributed by atoms with Crippen LogP contribution in [0.4, 0.5) is 0 Å². The van der Waals surface area contributed by atoms with Gasteiger partial charge in [-0.2, -0.15) is 0 Å². The molecule has 2 rings (SSSR count). The van der Waals surface area contributed by atoms with E-state index in [1.54, 1.807) is 0 Å². The summed E-state index contributed by atoms with van der Waals surface area (Å²) in [6.45, 7) is 8.79. The van der Waals surface area contributed by atoms with Gasteiger partial charge in [-0.1, -0.05) is 12.1 Å². The molecule has 1 aromatic rings. The molecule has 0 unspecified atom stereocenters. The predicted molar refractivity (Wildman–Crippen MR) is 72.3 cm³/mol. The first kappa shape index (κ1) is 13.5. The maximum absolute atomic E-state index is 4.18. The molecule has 2 heterocycles. The van der Waals surface area contributed by atoms with Crippen molar-refractivity contribution in [1.29, 1.82) is 0 Å². The Bertz CT molecular complexity index is 330. The summed E-state index contributed by atoms with van der Waals surface area (Å²) < 4.78 is 1.97. The van der Waals surface area contributed by atoms with E-state index >= 15 is 0 Å². The smallest absolute Gasteiger partial charge is 0.0964 e. The van der Waals surface area contributed by atoms with Gasteiger partial charge in [0, 0.05) is 19.3 Å². The molecule has 0 spiro atoms. The molecule has 0 radical (unpaired) electrons. The Morgan fingerprint density at radius 3 is 2.89 bits per heavy atom. The van der Waals surface area contributed by atoms with E-state index in [2.05, 4.69) is 33.6 Å². The Hall–Kier alpha value is -0.940. The van der Waals surface area contributed by atoms with Gasteiger partial charge in [0.1, 0.15) is 0 Å². The minimum atomic E-state index is 0.833. The van der Waals surface area contributed by atoms with Crippen LogP contribution in [0.1, 0.15) is 38.3 Å². The van der Waals surface area contributed by atoms with Gasteiger partial charge >= 0.3 is 0 Å². The number of nitrogens with one attached hydrogen (secondary N) is 1. The topological polar surface area (TPSA) is 46.0 Å². The summed E-state index contributed by atoms with van der Waals surface area (Å²) in [6, 6.07) is 0. The maximum atomic E-state index is 4.18. The number of nitrogens with zero attached hydrogens (tertiary/aromatic N) is 4. The average Bonchev–Trinajstić information content (AvgIpc) is 3.01. The van der Waals surface area contributed by atoms with E-state index in [1.807, 2.05) is 4.68 Å². The van der Waals surface area contributed by atoms with Crippen molar-refractivity contribution >= 4 is 0 Å². The molecule has 1 fully saturated rings. The Morgan fingerprint density at radius 2 is 2.11 bits per heavy atom. The summed E-state index contributed by atoms with van der Waals surface area (Å²) in [5.41, 5.74) is 1.05. The maximum Gasteiger partial charge on any atom is 0.0964 e. The fourth-order valence-corrected chi connectivity index (χ4v) is 2.38. The summed E-state index contributed by atoms with van der Waals surface area (Å²) in [7, 11) is 0. The van der Waals surface area contributed by atoms with Crippen LogP contribution >= 0.6 is 0 Å². The highest BCUT2D eigenvalue weighted by molar-refractivity contribution is 4.91. The zero-order chi connectivity index (χ0) is 12.6. The van der Waals surface area contributed by atoms with Gasteiger partial charge in [-0.15, -0.1) is 5.10 Å². The van der Waals surface area contributed by atoms with Crippen molar-refractivity contribution in [2.24, 2.45) is 0 Å². The molecule has 1 saturated heterocycles. The number of hydrogen-bond donors (Lipinski definition) is 1. The monoisotopic (exact) mass is 251 g/mol. The van der Waals surface area contributed by atoms with E-state index in [4.69, 9.17) is 0 Å². The van der Waals surface area contributed by atoms with Gasteiger partial charge in [0.05, 0.1) is 5.69 Å². The quantitative estimate of drug-likeness (QED) is 0.707. The van der Waals surface area contributed by atoms with Crippen LogP contribution < -0.4 is 5.32 Å². The highest BCUT2D eigenvalue weighted by atomic mass is 15.4. The number of likely N-dealkylation sites (tertiary alicyclic amines) is 1. The summed E-state index contributed by atoms with van der Waals surface area (Å²) in [5, 5.41) is 11.7. The predicted octanol–water partition coefficient (Wildman–Crippen LogP) is 1.26. The van der Waals surface area contributed by atoms with Crippen LogP contribution in [0.5, 0.6) is 0 Å². The van der Waals surface area contributed by atoms with Crippen LogP contribution in [0.25, 0.3) is 0 Å². The Morgan fingerprint density at radius 1 is 1.28 bits per heavy atom. The van der Waals surface area contributed by atoms with Crippen molar-refractivity contribution in [2.45, 2.75) is 45.7 Å². The third-order valence-electron chi connectivity index (χ3n) is 3.38. The Kier molecular flexibility index (Phi) is 5.61. The van der Waals surface area contributed by atoms with Gasteiger partial charge < -0.3 is 10.2 Å². The van der Waals surface area contributed by atoms with Crippen molar-refractivity contribution in [3.8, 4) is 0 Å². The lowest BCUT2D eigenvalue weighted by Crippen LogP contribution is -2.21. The lowest BCUT2D eigenvalue weighted by molar-refractivity contribution is 0.321. The van der Waals surface area contributed by atoms with Crippen LogP contribution in [-0.2, 0) is 13.1 Å². The summed E-state index contributed by atoms with van der Waals surface area (Å²) >= 11 is 0. The second-order valence-electron chi connectivity index (χ2n) is 5.05.